The summed E-state index contributed by atoms with van der Waals surface area (Å²) in [5, 5.41) is 0. The molecule has 1 heterocycles. The number of nitrogens with one attached hydrogen (secondary N) is 1. The lowest BCUT2D eigenvalue weighted by Gasteiger charge is -2.06. The van der Waals surface area contributed by atoms with Crippen LogP contribution in [0.2, 0.25) is 0 Å². The number of nitrogens with two attached hydrogens (primary N) is 1. The largest absolute Gasteiger partial charge is 0.458 e. The molecule has 0 aliphatic rings. The van der Waals surface area contributed by atoms with E-state index in [1.165, 1.54) is 0 Å². The molecule has 1 aromatic heterocycles. The number of rotatable bonds is 3. The molecule has 21 heavy (non-hydrogen) atoms. The monoisotopic (exact) mass is 278 g/mol. The number of carbonyl (C=O) groups is 1. The minimum Gasteiger partial charge on any atom is -0.458 e. The first-order valence-corrected chi connectivity index (χ1v) is 6.54. The molecule has 0 saturated carbocycles. The number of furan rings is 1. The molecule has 0 spiro atoms. The molecule has 2 aromatic carbocycles. The first-order chi connectivity index (χ1) is 10.3. The lowest BCUT2D eigenvalue weighted by atomic mass is 9.96. The number of hydrogen-bond donors (Lipinski definition) is 2. The van der Waals surface area contributed by atoms with Gasteiger partial charge in [0, 0.05) is 11.1 Å². The highest BCUT2D eigenvalue weighted by molar-refractivity contribution is 6.02. The molecule has 3 aromatic rings. The van der Waals surface area contributed by atoms with Gasteiger partial charge in [-0.25, -0.2) is 5.84 Å². The van der Waals surface area contributed by atoms with E-state index in [0.29, 0.717) is 0 Å². The first kappa shape index (κ1) is 13.1. The van der Waals surface area contributed by atoms with Gasteiger partial charge in [-0.3, -0.25) is 10.2 Å². The highest BCUT2D eigenvalue weighted by Gasteiger charge is 2.21. The zero-order valence-electron chi connectivity index (χ0n) is 11.2. The van der Waals surface area contributed by atoms with Crippen LogP contribution in [0.25, 0.3) is 22.3 Å². The van der Waals surface area contributed by atoms with Crippen molar-refractivity contribution in [2.24, 2.45) is 5.84 Å². The summed E-state index contributed by atoms with van der Waals surface area (Å²) in [6.45, 7) is 0. The average Bonchev–Trinajstić information content (AvgIpc) is 3.00. The third-order valence-corrected chi connectivity index (χ3v) is 3.28. The van der Waals surface area contributed by atoms with E-state index in [9.17, 15) is 4.79 Å². The second-order valence-electron chi connectivity index (χ2n) is 4.56. The van der Waals surface area contributed by atoms with Gasteiger partial charge in [-0.1, -0.05) is 60.7 Å². The van der Waals surface area contributed by atoms with Crippen LogP contribution in [0.3, 0.4) is 0 Å². The maximum Gasteiger partial charge on any atom is 0.301 e. The predicted molar refractivity (Wildman–Crippen MR) is 81.2 cm³/mol. The topological polar surface area (TPSA) is 68.3 Å². The lowest BCUT2D eigenvalue weighted by molar-refractivity contribution is 0.0927. The third kappa shape index (κ3) is 2.44. The lowest BCUT2D eigenvalue weighted by Crippen LogP contribution is -2.30. The Bertz CT molecular complexity index is 749. The summed E-state index contributed by atoms with van der Waals surface area (Å²) in [5.41, 5.74) is 5.61. The van der Waals surface area contributed by atoms with Crippen molar-refractivity contribution in [1.82, 2.24) is 5.43 Å². The molecule has 1 amide bonds. The van der Waals surface area contributed by atoms with Crippen LogP contribution < -0.4 is 11.3 Å². The number of amides is 1. The van der Waals surface area contributed by atoms with E-state index >= 15 is 0 Å². The molecule has 0 atom stereocenters. The fourth-order valence-electron chi connectivity index (χ4n) is 2.31. The van der Waals surface area contributed by atoms with Crippen molar-refractivity contribution < 1.29 is 9.21 Å². The van der Waals surface area contributed by atoms with E-state index in [1.54, 1.807) is 6.26 Å². The van der Waals surface area contributed by atoms with E-state index < -0.39 is 5.91 Å². The van der Waals surface area contributed by atoms with Crippen molar-refractivity contribution in [1.29, 1.82) is 0 Å². The van der Waals surface area contributed by atoms with Gasteiger partial charge >= 0.3 is 5.91 Å². The Labute approximate surface area is 122 Å². The number of nitrogen functional groups attached to an aromatic ring is 1. The highest BCUT2D eigenvalue weighted by atomic mass is 16.3. The molecule has 0 saturated heterocycles. The fourth-order valence-corrected chi connectivity index (χ4v) is 2.31. The molecule has 3 rings (SSSR count). The summed E-state index contributed by atoms with van der Waals surface area (Å²) in [7, 11) is 0. The number of hydrazine groups is 1. The summed E-state index contributed by atoms with van der Waals surface area (Å²) >= 11 is 0. The van der Waals surface area contributed by atoms with E-state index in [1.807, 2.05) is 60.7 Å². The minimum atomic E-state index is -0.448. The van der Waals surface area contributed by atoms with Gasteiger partial charge in [-0.15, -0.1) is 0 Å². The van der Waals surface area contributed by atoms with Crippen molar-refractivity contribution in [3.8, 4) is 22.3 Å². The smallest absolute Gasteiger partial charge is 0.301 e. The van der Waals surface area contributed by atoms with Crippen LogP contribution in [0, 0.1) is 0 Å². The van der Waals surface area contributed by atoms with Crippen molar-refractivity contribution in [3.05, 3.63) is 72.7 Å². The summed E-state index contributed by atoms with van der Waals surface area (Å²) in [6.07, 6.45) is 1.59. The molecular weight excluding hydrogens is 264 g/mol. The van der Waals surface area contributed by atoms with E-state index in [0.717, 1.165) is 22.3 Å². The molecular formula is C17H14N2O2. The Morgan fingerprint density at radius 1 is 0.905 bits per heavy atom. The van der Waals surface area contributed by atoms with Gasteiger partial charge in [0.1, 0.15) is 0 Å². The van der Waals surface area contributed by atoms with Crippen molar-refractivity contribution >= 4 is 5.91 Å². The van der Waals surface area contributed by atoms with Gasteiger partial charge in [0.25, 0.3) is 0 Å². The van der Waals surface area contributed by atoms with Gasteiger partial charge in [0.2, 0.25) is 5.76 Å². The highest BCUT2D eigenvalue weighted by Crippen LogP contribution is 2.36. The van der Waals surface area contributed by atoms with Gasteiger partial charge in [0.15, 0.2) is 0 Å². The van der Waals surface area contributed by atoms with E-state index in [-0.39, 0.29) is 5.76 Å². The summed E-state index contributed by atoms with van der Waals surface area (Å²) in [4.78, 5) is 11.9. The molecule has 0 aliphatic heterocycles. The van der Waals surface area contributed by atoms with Gasteiger partial charge < -0.3 is 4.42 Å². The van der Waals surface area contributed by atoms with Crippen LogP contribution >= 0.6 is 0 Å². The second-order valence-corrected chi connectivity index (χ2v) is 4.56. The van der Waals surface area contributed by atoms with Crippen LogP contribution in [-0.2, 0) is 0 Å². The van der Waals surface area contributed by atoms with Crippen LogP contribution in [0.5, 0.6) is 0 Å². The van der Waals surface area contributed by atoms with Crippen LogP contribution in [0.1, 0.15) is 10.6 Å². The molecule has 4 nitrogen and oxygen atoms in total. The maximum absolute atomic E-state index is 11.9. The molecule has 0 radical (unpaired) electrons. The number of carbonyl (C=O) groups excluding carboxylic acids is 1. The van der Waals surface area contributed by atoms with Crippen LogP contribution in [0.15, 0.2) is 71.3 Å². The molecule has 0 fully saturated rings. The molecule has 4 heteroatoms. The molecule has 0 aliphatic carbocycles. The third-order valence-electron chi connectivity index (χ3n) is 3.28. The Morgan fingerprint density at radius 3 is 2.05 bits per heavy atom. The van der Waals surface area contributed by atoms with Crippen molar-refractivity contribution in [2.45, 2.75) is 0 Å². The van der Waals surface area contributed by atoms with Crippen LogP contribution in [-0.4, -0.2) is 5.91 Å². The maximum atomic E-state index is 11.9. The standard InChI is InChI=1S/C17H14N2O2/c18-19-17(20)16-15(13-9-5-2-6-10-13)14(11-21-16)12-7-3-1-4-8-12/h1-11H,18H2,(H,19,20). The minimum absolute atomic E-state index is 0.211. The summed E-state index contributed by atoms with van der Waals surface area (Å²) < 4.78 is 5.47. The number of benzene rings is 2. The zero-order chi connectivity index (χ0) is 14.7. The van der Waals surface area contributed by atoms with E-state index in [2.05, 4.69) is 5.43 Å². The van der Waals surface area contributed by atoms with Gasteiger partial charge in [-0.05, 0) is 11.1 Å². The van der Waals surface area contributed by atoms with Gasteiger partial charge in [0.05, 0.1) is 6.26 Å². The van der Waals surface area contributed by atoms with E-state index in [4.69, 9.17) is 10.3 Å². The van der Waals surface area contributed by atoms with Crippen LogP contribution in [0.4, 0.5) is 0 Å². The Hall–Kier alpha value is -2.85. The zero-order valence-corrected chi connectivity index (χ0v) is 11.2. The Balaban J connectivity index is 2.23. The molecule has 0 bridgehead atoms. The number of hydrogen-bond acceptors (Lipinski definition) is 3. The summed E-state index contributed by atoms with van der Waals surface area (Å²) in [6, 6.07) is 19.4. The van der Waals surface area contributed by atoms with Gasteiger partial charge in [-0.2, -0.15) is 0 Å². The van der Waals surface area contributed by atoms with Crippen molar-refractivity contribution in [3.63, 3.8) is 0 Å². The molecule has 104 valence electrons. The Morgan fingerprint density at radius 2 is 1.48 bits per heavy atom. The fraction of sp³-hybridized carbons (Fsp3) is 0. The van der Waals surface area contributed by atoms with Crippen molar-refractivity contribution in [2.75, 3.05) is 0 Å². The first-order valence-electron chi connectivity index (χ1n) is 6.54. The average molecular weight is 278 g/mol. The quantitative estimate of drug-likeness (QED) is 0.439. The Kier molecular flexibility index (Phi) is 3.53. The second kappa shape index (κ2) is 5.64. The normalized spacial score (nSPS) is 10.3. The molecule has 3 N–H and O–H groups in total. The SMILES string of the molecule is NNC(=O)c1occ(-c2ccccc2)c1-c1ccccc1. The predicted octanol–water partition coefficient (Wildman–Crippen LogP) is 3.22. The molecule has 0 unspecified atom stereocenters. The summed E-state index contributed by atoms with van der Waals surface area (Å²) in [5.74, 6) is 5.00.